The first-order valence-electron chi connectivity index (χ1n) is 10.7. The largest absolute Gasteiger partial charge is 0.497 e. The summed E-state index contributed by atoms with van der Waals surface area (Å²) in [6, 6.07) is 18.5. The maximum absolute atomic E-state index is 13.6. The highest BCUT2D eigenvalue weighted by Gasteiger charge is 2.29. The van der Waals surface area contributed by atoms with Crippen LogP contribution in [0.4, 0.5) is 11.4 Å². The molecule has 0 fully saturated rings. The Morgan fingerprint density at radius 2 is 1.63 bits per heavy atom. The number of carbonyl (C=O) groups excluding carboxylic acids is 2. The van der Waals surface area contributed by atoms with Gasteiger partial charge in [-0.3, -0.25) is 9.10 Å². The highest BCUT2D eigenvalue weighted by atomic mass is 32.2. The molecule has 0 aromatic heterocycles. The van der Waals surface area contributed by atoms with E-state index in [0.29, 0.717) is 11.4 Å². The fraction of sp³-hybridized carbons (Fsp3) is 0.200. The molecule has 3 rings (SSSR count). The number of para-hydroxylation sites is 2. The molecule has 3 aromatic carbocycles. The molecule has 0 aliphatic carbocycles. The number of carbonyl (C=O) groups is 2. The predicted octanol–water partition coefficient (Wildman–Crippen LogP) is 3.71. The van der Waals surface area contributed by atoms with E-state index in [0.717, 1.165) is 4.31 Å². The Balaban J connectivity index is 1.94. The summed E-state index contributed by atoms with van der Waals surface area (Å²) in [5.41, 5.74) is 0.778. The number of nitrogens with one attached hydrogen (secondary N) is 1. The van der Waals surface area contributed by atoms with E-state index in [2.05, 4.69) is 5.32 Å². The van der Waals surface area contributed by atoms with Crippen molar-refractivity contribution in [3.8, 4) is 11.5 Å². The van der Waals surface area contributed by atoms with Crippen molar-refractivity contribution in [3.63, 3.8) is 0 Å². The lowest BCUT2D eigenvalue weighted by Gasteiger charge is -2.25. The Morgan fingerprint density at radius 1 is 0.914 bits per heavy atom. The van der Waals surface area contributed by atoms with Gasteiger partial charge in [0.2, 0.25) is 5.91 Å². The van der Waals surface area contributed by atoms with Crippen LogP contribution in [0.2, 0.25) is 0 Å². The fourth-order valence-electron chi connectivity index (χ4n) is 3.28. The summed E-state index contributed by atoms with van der Waals surface area (Å²) in [6.07, 6.45) is 0. The minimum absolute atomic E-state index is 0.0266. The number of rotatable bonds is 10. The smallest absolute Gasteiger partial charge is 0.338 e. The standard InChI is InChI=1S/C25H26N2O7S/c1-4-34-25(29)18-8-7-9-19(16-18)26-24(28)17-27(22-10-5-6-11-23(22)33-3)35(30,31)21-14-12-20(32-2)13-15-21/h5-16H,4,17H2,1-3H3,(H,26,28). The molecule has 3 aromatic rings. The molecule has 0 saturated heterocycles. The molecule has 0 bridgehead atoms. The highest BCUT2D eigenvalue weighted by molar-refractivity contribution is 7.92. The molecule has 0 saturated carbocycles. The Kier molecular flexibility index (Phi) is 8.32. The van der Waals surface area contributed by atoms with Gasteiger partial charge in [0, 0.05) is 5.69 Å². The molecule has 0 radical (unpaired) electrons. The first kappa shape index (κ1) is 25.6. The van der Waals surface area contributed by atoms with Gasteiger partial charge < -0.3 is 19.5 Å². The van der Waals surface area contributed by atoms with Crippen LogP contribution < -0.4 is 19.1 Å². The molecule has 184 valence electrons. The quantitative estimate of drug-likeness (QED) is 0.424. The molecule has 0 atom stereocenters. The van der Waals surface area contributed by atoms with Crippen LogP contribution in [-0.4, -0.2) is 47.7 Å². The molecular weight excluding hydrogens is 472 g/mol. The van der Waals surface area contributed by atoms with Crippen molar-refractivity contribution in [2.45, 2.75) is 11.8 Å². The minimum atomic E-state index is -4.17. The van der Waals surface area contributed by atoms with E-state index in [9.17, 15) is 18.0 Å². The number of nitrogens with zero attached hydrogens (tertiary/aromatic N) is 1. The SMILES string of the molecule is CCOC(=O)c1cccc(NC(=O)CN(c2ccccc2OC)S(=O)(=O)c2ccc(OC)cc2)c1. The summed E-state index contributed by atoms with van der Waals surface area (Å²) < 4.78 is 43.6. The van der Waals surface area contributed by atoms with Crippen LogP contribution in [0.1, 0.15) is 17.3 Å². The van der Waals surface area contributed by atoms with Crippen LogP contribution >= 0.6 is 0 Å². The molecule has 1 N–H and O–H groups in total. The van der Waals surface area contributed by atoms with E-state index in [4.69, 9.17) is 14.2 Å². The van der Waals surface area contributed by atoms with E-state index in [1.807, 2.05) is 0 Å². The zero-order valence-corrected chi connectivity index (χ0v) is 20.4. The number of hydrogen-bond acceptors (Lipinski definition) is 7. The van der Waals surface area contributed by atoms with Crippen molar-refractivity contribution in [1.82, 2.24) is 0 Å². The van der Waals surface area contributed by atoms with E-state index >= 15 is 0 Å². The Bertz CT molecular complexity index is 1290. The third-order valence-corrected chi connectivity index (χ3v) is 6.72. The third-order valence-electron chi connectivity index (χ3n) is 4.95. The van der Waals surface area contributed by atoms with Gasteiger partial charge >= 0.3 is 5.97 Å². The Labute approximate surface area is 204 Å². The number of ether oxygens (including phenoxy) is 3. The van der Waals surface area contributed by atoms with Crippen LogP contribution in [0.3, 0.4) is 0 Å². The van der Waals surface area contributed by atoms with Gasteiger partial charge in [0.25, 0.3) is 10.0 Å². The van der Waals surface area contributed by atoms with Gasteiger partial charge in [-0.2, -0.15) is 0 Å². The van der Waals surface area contributed by atoms with Gasteiger partial charge in [0.1, 0.15) is 18.0 Å². The molecular formula is C25H26N2O7S. The topological polar surface area (TPSA) is 111 Å². The maximum Gasteiger partial charge on any atom is 0.338 e. The lowest BCUT2D eigenvalue weighted by Crippen LogP contribution is -2.38. The lowest BCUT2D eigenvalue weighted by molar-refractivity contribution is -0.114. The second-order valence-corrected chi connectivity index (χ2v) is 9.07. The van der Waals surface area contributed by atoms with E-state index in [1.165, 1.54) is 44.6 Å². The van der Waals surface area contributed by atoms with Crippen molar-refractivity contribution in [1.29, 1.82) is 0 Å². The van der Waals surface area contributed by atoms with Gasteiger partial charge in [-0.15, -0.1) is 0 Å². The number of sulfonamides is 1. The molecule has 0 aliphatic heterocycles. The van der Waals surface area contributed by atoms with Crippen molar-refractivity contribution in [2.24, 2.45) is 0 Å². The molecule has 0 unspecified atom stereocenters. The number of amides is 1. The van der Waals surface area contributed by atoms with Crippen molar-refractivity contribution >= 4 is 33.3 Å². The fourth-order valence-corrected chi connectivity index (χ4v) is 4.71. The predicted molar refractivity (Wildman–Crippen MR) is 132 cm³/mol. The van der Waals surface area contributed by atoms with Gasteiger partial charge in [-0.05, 0) is 61.5 Å². The maximum atomic E-state index is 13.6. The normalized spacial score (nSPS) is 10.8. The second-order valence-electron chi connectivity index (χ2n) is 7.21. The summed E-state index contributed by atoms with van der Waals surface area (Å²) >= 11 is 0. The molecule has 1 amide bonds. The average Bonchev–Trinajstić information content (AvgIpc) is 2.87. The molecule has 9 nitrogen and oxygen atoms in total. The number of methoxy groups -OCH3 is 2. The number of benzene rings is 3. The Hall–Kier alpha value is -4.05. The van der Waals surface area contributed by atoms with E-state index < -0.39 is 28.4 Å². The number of hydrogen-bond donors (Lipinski definition) is 1. The van der Waals surface area contributed by atoms with Crippen molar-refractivity contribution in [3.05, 3.63) is 78.4 Å². The lowest BCUT2D eigenvalue weighted by atomic mass is 10.2. The Morgan fingerprint density at radius 3 is 2.29 bits per heavy atom. The summed E-state index contributed by atoms with van der Waals surface area (Å²) in [5.74, 6) is -0.371. The summed E-state index contributed by atoms with van der Waals surface area (Å²) in [5, 5.41) is 2.65. The van der Waals surface area contributed by atoms with Crippen LogP contribution in [-0.2, 0) is 19.6 Å². The van der Waals surface area contributed by atoms with Gasteiger partial charge in [-0.25, -0.2) is 13.2 Å². The molecule has 0 spiro atoms. The minimum Gasteiger partial charge on any atom is -0.497 e. The summed E-state index contributed by atoms with van der Waals surface area (Å²) in [7, 11) is -1.27. The highest BCUT2D eigenvalue weighted by Crippen LogP contribution is 2.32. The molecule has 0 heterocycles. The van der Waals surface area contributed by atoms with Crippen LogP contribution in [0.15, 0.2) is 77.7 Å². The van der Waals surface area contributed by atoms with E-state index in [-0.39, 0.29) is 28.5 Å². The molecule has 10 heteroatoms. The van der Waals surface area contributed by atoms with Gasteiger partial charge in [0.15, 0.2) is 0 Å². The first-order valence-corrected chi connectivity index (χ1v) is 12.1. The third kappa shape index (κ3) is 6.10. The average molecular weight is 499 g/mol. The first-order chi connectivity index (χ1) is 16.8. The molecule has 0 aliphatic rings. The number of anilines is 2. The summed E-state index contributed by atoms with van der Waals surface area (Å²) in [6.45, 7) is 1.37. The number of esters is 1. The van der Waals surface area contributed by atoms with Crippen molar-refractivity contribution < 1.29 is 32.2 Å². The molecule has 35 heavy (non-hydrogen) atoms. The monoisotopic (exact) mass is 498 g/mol. The zero-order chi connectivity index (χ0) is 25.4. The summed E-state index contributed by atoms with van der Waals surface area (Å²) in [4.78, 5) is 25.0. The van der Waals surface area contributed by atoms with E-state index in [1.54, 1.807) is 49.4 Å². The van der Waals surface area contributed by atoms with Gasteiger partial charge in [-0.1, -0.05) is 18.2 Å². The van der Waals surface area contributed by atoms with Crippen molar-refractivity contribution in [2.75, 3.05) is 37.0 Å². The zero-order valence-electron chi connectivity index (χ0n) is 19.6. The second kappa shape index (κ2) is 11.4. The van der Waals surface area contributed by atoms with Crippen LogP contribution in [0.25, 0.3) is 0 Å². The van der Waals surface area contributed by atoms with Crippen LogP contribution in [0, 0.1) is 0 Å². The van der Waals surface area contributed by atoms with Gasteiger partial charge in [0.05, 0.1) is 37.0 Å². The van der Waals surface area contributed by atoms with Crippen LogP contribution in [0.5, 0.6) is 11.5 Å².